The van der Waals surface area contributed by atoms with Gasteiger partial charge in [0.25, 0.3) is 5.69 Å². The number of rotatable bonds is 8. The van der Waals surface area contributed by atoms with E-state index in [2.05, 4.69) is 30.8 Å². The van der Waals surface area contributed by atoms with Crippen molar-refractivity contribution in [1.29, 1.82) is 0 Å². The van der Waals surface area contributed by atoms with E-state index in [0.29, 0.717) is 6.73 Å². The van der Waals surface area contributed by atoms with E-state index in [1.54, 1.807) is 12.1 Å². The van der Waals surface area contributed by atoms with E-state index in [0.717, 1.165) is 34.7 Å². The molecule has 0 radical (unpaired) electrons. The topological polar surface area (TPSA) is 70.2 Å². The zero-order valence-electron chi connectivity index (χ0n) is 16.5. The van der Waals surface area contributed by atoms with Crippen molar-refractivity contribution in [2.75, 3.05) is 6.61 Å². The van der Waals surface area contributed by atoms with Crippen molar-refractivity contribution in [3.63, 3.8) is 0 Å². The predicted molar refractivity (Wildman–Crippen MR) is 116 cm³/mol. The van der Waals surface area contributed by atoms with E-state index >= 15 is 0 Å². The molecule has 0 atom stereocenters. The third-order valence-electron chi connectivity index (χ3n) is 4.43. The minimum absolute atomic E-state index is 0.0890. The SMILES string of the molecule is C[Si](C)(C)CCOCn1ncc2ccc(C=Cc3cccc([N+](=O)[O-])c3)cc21. The van der Waals surface area contributed by atoms with Gasteiger partial charge in [-0.05, 0) is 23.2 Å². The Morgan fingerprint density at radius 1 is 1.14 bits per heavy atom. The van der Waals surface area contributed by atoms with E-state index in [1.807, 2.05) is 41.2 Å². The van der Waals surface area contributed by atoms with Crippen LogP contribution in [0.4, 0.5) is 5.69 Å². The molecule has 0 N–H and O–H groups in total. The molecule has 0 spiro atoms. The van der Waals surface area contributed by atoms with Gasteiger partial charge in [-0.15, -0.1) is 0 Å². The molecule has 0 saturated heterocycles. The van der Waals surface area contributed by atoms with Gasteiger partial charge < -0.3 is 4.74 Å². The lowest BCUT2D eigenvalue weighted by molar-refractivity contribution is -0.384. The van der Waals surface area contributed by atoms with E-state index < -0.39 is 8.07 Å². The first kappa shape index (κ1) is 20.0. The largest absolute Gasteiger partial charge is 0.360 e. The van der Waals surface area contributed by atoms with E-state index in [9.17, 15) is 10.1 Å². The zero-order valence-corrected chi connectivity index (χ0v) is 17.5. The lowest BCUT2D eigenvalue weighted by Crippen LogP contribution is -2.22. The maximum Gasteiger partial charge on any atom is 0.270 e. The number of non-ortho nitro benzene ring substituents is 1. The summed E-state index contributed by atoms with van der Waals surface area (Å²) in [5, 5.41) is 16.4. The van der Waals surface area contributed by atoms with Crippen LogP contribution in [-0.2, 0) is 11.5 Å². The lowest BCUT2D eigenvalue weighted by Gasteiger charge is -2.15. The second kappa shape index (κ2) is 8.49. The summed E-state index contributed by atoms with van der Waals surface area (Å²) in [5.41, 5.74) is 2.89. The molecule has 0 bridgehead atoms. The maximum absolute atomic E-state index is 10.9. The standard InChI is InChI=1S/C21H25N3O3Si/c1-28(2,3)12-11-27-16-23-21-14-18(9-10-19(21)15-22-23)8-7-17-5-4-6-20(13-17)24(25)26/h4-10,13-15H,11-12,16H2,1-3H3. The molecule has 0 unspecified atom stereocenters. The summed E-state index contributed by atoms with van der Waals surface area (Å²) in [5.74, 6) is 0. The summed E-state index contributed by atoms with van der Waals surface area (Å²) >= 11 is 0. The molecule has 3 rings (SSSR count). The molecular weight excluding hydrogens is 370 g/mol. The number of nitro benzene ring substituents is 1. The van der Waals surface area contributed by atoms with Crippen molar-refractivity contribution in [2.45, 2.75) is 32.4 Å². The number of fused-ring (bicyclic) bond motifs is 1. The highest BCUT2D eigenvalue weighted by Crippen LogP contribution is 2.19. The van der Waals surface area contributed by atoms with E-state index in [4.69, 9.17) is 4.74 Å². The highest BCUT2D eigenvalue weighted by Gasteiger charge is 2.12. The quantitative estimate of drug-likeness (QED) is 0.168. The van der Waals surface area contributed by atoms with Crippen LogP contribution in [0.1, 0.15) is 11.1 Å². The van der Waals surface area contributed by atoms with Crippen LogP contribution < -0.4 is 0 Å². The minimum Gasteiger partial charge on any atom is -0.360 e. The van der Waals surface area contributed by atoms with Crippen LogP contribution in [0.3, 0.4) is 0 Å². The Balaban J connectivity index is 1.73. The average Bonchev–Trinajstić information content (AvgIpc) is 3.05. The fourth-order valence-corrected chi connectivity index (χ4v) is 3.51. The van der Waals surface area contributed by atoms with Crippen molar-refractivity contribution >= 4 is 36.8 Å². The number of ether oxygens (including phenoxy) is 1. The first-order chi connectivity index (χ1) is 13.3. The Hall–Kier alpha value is -2.77. The van der Waals surface area contributed by atoms with Gasteiger partial charge in [-0.2, -0.15) is 5.10 Å². The molecule has 0 aliphatic carbocycles. The molecule has 0 amide bonds. The molecule has 6 nitrogen and oxygen atoms in total. The molecule has 1 aromatic heterocycles. The van der Waals surface area contributed by atoms with E-state index in [1.165, 1.54) is 6.07 Å². The molecule has 0 fully saturated rings. The second-order valence-corrected chi connectivity index (χ2v) is 13.6. The summed E-state index contributed by atoms with van der Waals surface area (Å²) in [6.45, 7) is 8.19. The maximum atomic E-state index is 10.9. The number of benzene rings is 2. The summed E-state index contributed by atoms with van der Waals surface area (Å²) in [7, 11) is -1.10. The fourth-order valence-electron chi connectivity index (χ4n) is 2.76. The van der Waals surface area contributed by atoms with Crippen molar-refractivity contribution < 1.29 is 9.66 Å². The minimum atomic E-state index is -1.10. The second-order valence-electron chi connectivity index (χ2n) is 8.00. The molecule has 0 saturated carbocycles. The third kappa shape index (κ3) is 5.37. The Kier molecular flexibility index (Phi) is 6.06. The van der Waals surface area contributed by atoms with Gasteiger partial charge in [0.1, 0.15) is 6.73 Å². The summed E-state index contributed by atoms with van der Waals surface area (Å²) in [6, 6.07) is 13.8. The van der Waals surface area contributed by atoms with Crippen LogP contribution in [0.25, 0.3) is 23.1 Å². The highest BCUT2D eigenvalue weighted by atomic mass is 28.3. The van der Waals surface area contributed by atoms with Gasteiger partial charge in [0.05, 0.1) is 16.6 Å². The van der Waals surface area contributed by atoms with Gasteiger partial charge >= 0.3 is 0 Å². The van der Waals surface area contributed by atoms with Gasteiger partial charge in [0.15, 0.2) is 0 Å². The molecular formula is C21H25N3O3Si. The number of nitro groups is 1. The predicted octanol–water partition coefficient (Wildman–Crippen LogP) is 5.43. The Bertz CT molecular complexity index is 1010. The van der Waals surface area contributed by atoms with Crippen molar-refractivity contribution in [1.82, 2.24) is 9.78 Å². The molecule has 146 valence electrons. The molecule has 3 aromatic rings. The monoisotopic (exact) mass is 395 g/mol. The molecule has 0 aliphatic rings. The summed E-state index contributed by atoms with van der Waals surface area (Å²) in [6.07, 6.45) is 5.66. The van der Waals surface area contributed by atoms with Crippen LogP contribution in [0.5, 0.6) is 0 Å². The first-order valence-electron chi connectivity index (χ1n) is 9.28. The van der Waals surface area contributed by atoms with Crippen LogP contribution in [-0.4, -0.2) is 29.4 Å². The van der Waals surface area contributed by atoms with Gasteiger partial charge in [-0.25, -0.2) is 4.68 Å². The molecule has 7 heteroatoms. The highest BCUT2D eigenvalue weighted by molar-refractivity contribution is 6.76. The third-order valence-corrected chi connectivity index (χ3v) is 6.13. The van der Waals surface area contributed by atoms with Crippen molar-refractivity contribution in [2.24, 2.45) is 0 Å². The van der Waals surface area contributed by atoms with Crippen LogP contribution in [0, 0.1) is 10.1 Å². The molecule has 1 heterocycles. The van der Waals surface area contributed by atoms with Crippen LogP contribution in [0.15, 0.2) is 48.7 Å². The Morgan fingerprint density at radius 2 is 1.89 bits per heavy atom. The number of hydrogen-bond acceptors (Lipinski definition) is 4. The Morgan fingerprint density at radius 3 is 2.61 bits per heavy atom. The Labute approximate surface area is 165 Å². The number of aromatic nitrogens is 2. The summed E-state index contributed by atoms with van der Waals surface area (Å²) < 4.78 is 7.69. The van der Waals surface area contributed by atoms with E-state index in [-0.39, 0.29) is 10.6 Å². The van der Waals surface area contributed by atoms with Gasteiger partial charge in [-0.1, -0.05) is 56.1 Å². The first-order valence-corrected chi connectivity index (χ1v) is 13.0. The summed E-state index contributed by atoms with van der Waals surface area (Å²) in [4.78, 5) is 10.5. The number of hydrogen-bond donors (Lipinski definition) is 0. The van der Waals surface area contributed by atoms with Crippen LogP contribution >= 0.6 is 0 Å². The van der Waals surface area contributed by atoms with Crippen LogP contribution in [0.2, 0.25) is 25.7 Å². The average molecular weight is 396 g/mol. The lowest BCUT2D eigenvalue weighted by atomic mass is 10.1. The smallest absolute Gasteiger partial charge is 0.270 e. The molecule has 0 aliphatic heterocycles. The van der Waals surface area contributed by atoms with Gasteiger partial charge in [-0.3, -0.25) is 10.1 Å². The fraction of sp³-hybridized carbons (Fsp3) is 0.286. The normalized spacial score (nSPS) is 12.1. The molecule has 28 heavy (non-hydrogen) atoms. The van der Waals surface area contributed by atoms with Gasteiger partial charge in [0.2, 0.25) is 0 Å². The molecule has 2 aromatic carbocycles. The number of nitrogens with zero attached hydrogens (tertiary/aromatic N) is 3. The van der Waals surface area contributed by atoms with Gasteiger partial charge in [0, 0.05) is 32.2 Å². The zero-order chi connectivity index (χ0) is 20.1. The van der Waals surface area contributed by atoms with Crippen molar-refractivity contribution in [3.05, 3.63) is 69.9 Å². The van der Waals surface area contributed by atoms with Crippen molar-refractivity contribution in [3.8, 4) is 0 Å².